The molecular formula is C24H38S. The summed E-state index contributed by atoms with van der Waals surface area (Å²) in [7, 11) is 0. The first-order valence-corrected chi connectivity index (χ1v) is 11.7. The molecule has 0 N–H and O–H groups in total. The summed E-state index contributed by atoms with van der Waals surface area (Å²) in [4.78, 5) is 0. The van der Waals surface area contributed by atoms with Crippen LogP contribution < -0.4 is 0 Å². The van der Waals surface area contributed by atoms with Gasteiger partial charge >= 0.3 is 0 Å². The standard InChI is InChI=1S/C24H38S/c1-3-5-17-23(19-21-13-9-7-10-14-21)25-24(18-6-4-2)20-22-15-11-8-12-16-22/h9,11,13,15,19-20,23-24H,3-8,10,12,14,16-18H2,1-2H3. The number of thioether (sulfide) groups is 1. The minimum Gasteiger partial charge on any atom is -0.147 e. The molecule has 140 valence electrons. The molecule has 0 bridgehead atoms. The molecule has 0 radical (unpaired) electrons. The van der Waals surface area contributed by atoms with Crippen LogP contribution in [-0.4, -0.2) is 10.5 Å². The largest absolute Gasteiger partial charge is 0.147 e. The van der Waals surface area contributed by atoms with Crippen molar-refractivity contribution in [1.82, 2.24) is 0 Å². The highest BCUT2D eigenvalue weighted by Crippen LogP contribution is 2.32. The van der Waals surface area contributed by atoms with Crippen molar-refractivity contribution < 1.29 is 0 Å². The summed E-state index contributed by atoms with van der Waals surface area (Å²) in [5.74, 6) is 0. The van der Waals surface area contributed by atoms with Crippen molar-refractivity contribution in [2.75, 3.05) is 0 Å². The predicted octanol–water partition coefficient (Wildman–Crippen LogP) is 8.17. The molecule has 0 aromatic rings. The molecule has 0 saturated carbocycles. The number of hydrogen-bond donors (Lipinski definition) is 0. The summed E-state index contributed by atoms with van der Waals surface area (Å²) in [5.41, 5.74) is 3.17. The van der Waals surface area contributed by atoms with Crippen LogP contribution in [0, 0.1) is 0 Å². The van der Waals surface area contributed by atoms with Gasteiger partial charge in [0.25, 0.3) is 0 Å². The van der Waals surface area contributed by atoms with E-state index in [1.165, 1.54) is 77.0 Å². The molecule has 0 aliphatic heterocycles. The highest BCUT2D eigenvalue weighted by molar-refractivity contribution is 8.00. The summed E-state index contributed by atoms with van der Waals surface area (Å²) in [6.45, 7) is 4.64. The predicted molar refractivity (Wildman–Crippen MR) is 116 cm³/mol. The molecule has 0 amide bonds. The minimum absolute atomic E-state index is 0.684. The van der Waals surface area contributed by atoms with Crippen LogP contribution in [0.5, 0.6) is 0 Å². The summed E-state index contributed by atoms with van der Waals surface area (Å²) >= 11 is 2.24. The third-order valence-electron chi connectivity index (χ3n) is 5.17. The average molecular weight is 359 g/mol. The van der Waals surface area contributed by atoms with Gasteiger partial charge in [-0.2, -0.15) is 0 Å². The van der Waals surface area contributed by atoms with Crippen molar-refractivity contribution in [3.8, 4) is 0 Å². The molecule has 0 saturated heterocycles. The molecule has 25 heavy (non-hydrogen) atoms. The van der Waals surface area contributed by atoms with Gasteiger partial charge in [-0.05, 0) is 51.4 Å². The van der Waals surface area contributed by atoms with Crippen molar-refractivity contribution in [2.45, 2.75) is 101 Å². The van der Waals surface area contributed by atoms with Gasteiger partial charge in [-0.15, -0.1) is 11.8 Å². The van der Waals surface area contributed by atoms with E-state index < -0.39 is 0 Å². The Morgan fingerprint density at radius 2 is 1.32 bits per heavy atom. The first kappa shape index (κ1) is 20.6. The third-order valence-corrected chi connectivity index (χ3v) is 6.61. The van der Waals surface area contributed by atoms with Gasteiger partial charge in [-0.1, -0.05) is 87.1 Å². The number of rotatable bonds is 10. The van der Waals surface area contributed by atoms with E-state index in [2.05, 4.69) is 62.1 Å². The maximum absolute atomic E-state index is 2.60. The second-order valence-electron chi connectivity index (χ2n) is 7.57. The normalized spacial score (nSPS) is 23.3. The van der Waals surface area contributed by atoms with Crippen molar-refractivity contribution in [3.63, 3.8) is 0 Å². The third kappa shape index (κ3) is 8.49. The van der Waals surface area contributed by atoms with Gasteiger partial charge in [0.1, 0.15) is 0 Å². The van der Waals surface area contributed by atoms with Crippen molar-refractivity contribution in [3.05, 3.63) is 47.6 Å². The molecular weight excluding hydrogens is 320 g/mol. The van der Waals surface area contributed by atoms with Gasteiger partial charge in [0.05, 0.1) is 0 Å². The Labute approximate surface area is 160 Å². The van der Waals surface area contributed by atoms with Crippen LogP contribution in [0.3, 0.4) is 0 Å². The van der Waals surface area contributed by atoms with E-state index in [0.29, 0.717) is 10.5 Å². The van der Waals surface area contributed by atoms with Gasteiger partial charge < -0.3 is 0 Å². The molecule has 0 nitrogen and oxygen atoms in total. The average Bonchev–Trinajstić information content (AvgIpc) is 2.66. The van der Waals surface area contributed by atoms with E-state index in [9.17, 15) is 0 Å². The lowest BCUT2D eigenvalue weighted by molar-refractivity contribution is 0.714. The molecule has 0 aromatic carbocycles. The van der Waals surface area contributed by atoms with Crippen LogP contribution in [0.15, 0.2) is 47.6 Å². The highest BCUT2D eigenvalue weighted by Gasteiger charge is 2.15. The lowest BCUT2D eigenvalue weighted by Gasteiger charge is -2.22. The second kappa shape index (κ2) is 12.6. The Morgan fingerprint density at radius 1 is 0.840 bits per heavy atom. The second-order valence-corrected chi connectivity index (χ2v) is 9.05. The van der Waals surface area contributed by atoms with Crippen LogP contribution in [0.4, 0.5) is 0 Å². The fraction of sp³-hybridized carbons (Fsp3) is 0.667. The maximum atomic E-state index is 2.60. The topological polar surface area (TPSA) is 0 Å². The smallest absolute Gasteiger partial charge is 0.0238 e. The summed E-state index contributed by atoms with van der Waals surface area (Å²) in [6, 6.07) is 0. The fourth-order valence-electron chi connectivity index (χ4n) is 3.66. The zero-order valence-corrected chi connectivity index (χ0v) is 17.3. The molecule has 2 aliphatic carbocycles. The van der Waals surface area contributed by atoms with Gasteiger partial charge in [0.2, 0.25) is 0 Å². The van der Waals surface area contributed by atoms with Crippen molar-refractivity contribution in [2.24, 2.45) is 0 Å². The Morgan fingerprint density at radius 3 is 1.68 bits per heavy atom. The summed E-state index contributed by atoms with van der Waals surface area (Å²) < 4.78 is 0. The van der Waals surface area contributed by atoms with E-state index in [4.69, 9.17) is 0 Å². The minimum atomic E-state index is 0.684. The summed E-state index contributed by atoms with van der Waals surface area (Å²) in [6.07, 6.45) is 30.4. The Hall–Kier alpha value is -0.690. The monoisotopic (exact) mass is 358 g/mol. The molecule has 0 fully saturated rings. The summed E-state index contributed by atoms with van der Waals surface area (Å²) in [5, 5.41) is 1.37. The molecule has 2 aliphatic rings. The van der Waals surface area contributed by atoms with E-state index in [1.807, 2.05) is 0 Å². The van der Waals surface area contributed by atoms with Gasteiger partial charge in [0, 0.05) is 10.5 Å². The molecule has 2 atom stereocenters. The van der Waals surface area contributed by atoms with E-state index in [1.54, 1.807) is 11.1 Å². The van der Waals surface area contributed by atoms with E-state index in [-0.39, 0.29) is 0 Å². The maximum Gasteiger partial charge on any atom is 0.0238 e. The van der Waals surface area contributed by atoms with Crippen LogP contribution >= 0.6 is 11.8 Å². The zero-order chi connectivity index (χ0) is 17.7. The quantitative estimate of drug-likeness (QED) is 0.379. The van der Waals surface area contributed by atoms with Crippen molar-refractivity contribution >= 4 is 11.8 Å². The molecule has 0 spiro atoms. The Kier molecular flexibility index (Phi) is 10.4. The molecule has 0 aromatic heterocycles. The molecule has 2 rings (SSSR count). The molecule has 0 heterocycles. The highest BCUT2D eigenvalue weighted by atomic mass is 32.2. The first-order valence-electron chi connectivity index (χ1n) is 10.7. The SMILES string of the molecule is CCCCC(C=C1C=CCCC1)SC(C=C1C=CCCC1)CCCC. The lowest BCUT2D eigenvalue weighted by atomic mass is 10.00. The Balaban J connectivity index is 2.06. The number of unbranched alkanes of at least 4 members (excludes halogenated alkanes) is 2. The van der Waals surface area contributed by atoms with Gasteiger partial charge in [-0.3, -0.25) is 0 Å². The van der Waals surface area contributed by atoms with E-state index >= 15 is 0 Å². The van der Waals surface area contributed by atoms with Gasteiger partial charge in [-0.25, -0.2) is 0 Å². The van der Waals surface area contributed by atoms with Crippen molar-refractivity contribution in [1.29, 1.82) is 0 Å². The number of hydrogen-bond acceptors (Lipinski definition) is 1. The molecule has 2 unspecified atom stereocenters. The van der Waals surface area contributed by atoms with Gasteiger partial charge in [0.15, 0.2) is 0 Å². The van der Waals surface area contributed by atoms with Crippen LogP contribution in [-0.2, 0) is 0 Å². The zero-order valence-electron chi connectivity index (χ0n) is 16.5. The van der Waals surface area contributed by atoms with Crippen LogP contribution in [0.1, 0.15) is 90.9 Å². The molecule has 1 heteroatoms. The van der Waals surface area contributed by atoms with E-state index in [0.717, 1.165) is 0 Å². The fourth-order valence-corrected chi connectivity index (χ4v) is 5.22. The lowest BCUT2D eigenvalue weighted by Crippen LogP contribution is -2.10. The Bertz CT molecular complexity index is 436. The number of allylic oxidation sites excluding steroid dienone is 6. The first-order chi connectivity index (χ1) is 12.3. The van der Waals surface area contributed by atoms with Crippen LogP contribution in [0.2, 0.25) is 0 Å². The van der Waals surface area contributed by atoms with Crippen LogP contribution in [0.25, 0.3) is 0 Å².